The van der Waals surface area contributed by atoms with Crippen molar-refractivity contribution < 1.29 is 5.11 Å². The molecule has 0 aromatic rings. The van der Waals surface area contributed by atoms with E-state index in [1.807, 2.05) is 0 Å². The van der Waals surface area contributed by atoms with Crippen LogP contribution >= 0.6 is 0 Å². The van der Waals surface area contributed by atoms with Crippen molar-refractivity contribution in [2.24, 2.45) is 5.92 Å². The first-order chi connectivity index (χ1) is 6.83. The maximum atomic E-state index is 9.34. The summed E-state index contributed by atoms with van der Waals surface area (Å²) in [4.78, 5) is 0. The summed E-state index contributed by atoms with van der Waals surface area (Å²) in [5, 5.41) is 9.34. The van der Waals surface area contributed by atoms with Crippen LogP contribution in [0.4, 0.5) is 0 Å². The average Bonchev–Trinajstić information content (AvgIpc) is 2.58. The molecule has 0 radical (unpaired) electrons. The van der Waals surface area contributed by atoms with E-state index >= 15 is 0 Å². The predicted octanol–water partition coefficient (Wildman–Crippen LogP) is 3.67. The molecule has 0 aromatic carbocycles. The van der Waals surface area contributed by atoms with E-state index in [0.717, 1.165) is 12.8 Å². The van der Waals surface area contributed by atoms with Crippen LogP contribution in [0, 0.1) is 5.92 Å². The first kappa shape index (κ1) is 11.8. The van der Waals surface area contributed by atoms with Crippen LogP contribution in [-0.4, -0.2) is 11.2 Å². The van der Waals surface area contributed by atoms with Gasteiger partial charge in [0.15, 0.2) is 0 Å². The highest BCUT2D eigenvalue weighted by Gasteiger charge is 2.19. The Morgan fingerprint density at radius 3 is 2.71 bits per heavy atom. The molecule has 1 aliphatic carbocycles. The van der Waals surface area contributed by atoms with Crippen LogP contribution in [0.25, 0.3) is 0 Å². The molecule has 0 saturated heterocycles. The van der Waals surface area contributed by atoms with Gasteiger partial charge in [-0.1, -0.05) is 38.3 Å². The van der Waals surface area contributed by atoms with Crippen molar-refractivity contribution in [2.75, 3.05) is 0 Å². The minimum absolute atomic E-state index is 0.0234. The first-order valence-corrected chi connectivity index (χ1v) is 6.17. The molecule has 82 valence electrons. The second-order valence-electron chi connectivity index (χ2n) is 4.50. The predicted molar refractivity (Wildman–Crippen MR) is 61.2 cm³/mol. The minimum atomic E-state index is -0.0234. The summed E-state index contributed by atoms with van der Waals surface area (Å²) in [5.74, 6) is 0.663. The number of rotatable bonds is 6. The Morgan fingerprint density at radius 1 is 1.21 bits per heavy atom. The van der Waals surface area contributed by atoms with Crippen molar-refractivity contribution in [3.8, 4) is 0 Å². The van der Waals surface area contributed by atoms with Gasteiger partial charge in [-0.3, -0.25) is 0 Å². The van der Waals surface area contributed by atoms with Crippen LogP contribution < -0.4 is 0 Å². The van der Waals surface area contributed by atoms with E-state index in [4.69, 9.17) is 0 Å². The van der Waals surface area contributed by atoms with Crippen molar-refractivity contribution in [1.29, 1.82) is 0 Å². The highest BCUT2D eigenvalue weighted by Crippen LogP contribution is 2.26. The largest absolute Gasteiger partial charge is 0.393 e. The lowest BCUT2D eigenvalue weighted by Crippen LogP contribution is -1.98. The van der Waals surface area contributed by atoms with Gasteiger partial charge in [0, 0.05) is 0 Å². The van der Waals surface area contributed by atoms with E-state index in [-0.39, 0.29) is 6.10 Å². The van der Waals surface area contributed by atoms with Gasteiger partial charge in [0.05, 0.1) is 6.10 Å². The van der Waals surface area contributed by atoms with Crippen LogP contribution in [0.3, 0.4) is 0 Å². The Kier molecular flexibility index (Phi) is 5.93. The van der Waals surface area contributed by atoms with Crippen LogP contribution in [0.2, 0.25) is 0 Å². The monoisotopic (exact) mass is 196 g/mol. The molecule has 1 N–H and O–H groups in total. The average molecular weight is 196 g/mol. The molecular weight excluding hydrogens is 172 g/mol. The third-order valence-electron chi connectivity index (χ3n) is 3.08. The Morgan fingerprint density at radius 2 is 2.07 bits per heavy atom. The summed E-state index contributed by atoms with van der Waals surface area (Å²) >= 11 is 0. The van der Waals surface area contributed by atoms with Crippen LogP contribution in [0.15, 0.2) is 12.2 Å². The zero-order valence-corrected chi connectivity index (χ0v) is 9.41. The lowest BCUT2D eigenvalue weighted by Gasteiger charge is -2.01. The van der Waals surface area contributed by atoms with Crippen LogP contribution in [-0.2, 0) is 0 Å². The normalized spacial score (nSPS) is 27.6. The number of hydrogen-bond donors (Lipinski definition) is 1. The van der Waals surface area contributed by atoms with Gasteiger partial charge in [-0.2, -0.15) is 0 Å². The molecule has 1 nitrogen and oxygen atoms in total. The van der Waals surface area contributed by atoms with E-state index in [1.165, 1.54) is 38.5 Å². The van der Waals surface area contributed by atoms with Crippen molar-refractivity contribution in [3.63, 3.8) is 0 Å². The third-order valence-corrected chi connectivity index (χ3v) is 3.08. The van der Waals surface area contributed by atoms with Gasteiger partial charge >= 0.3 is 0 Å². The zero-order chi connectivity index (χ0) is 10.2. The van der Waals surface area contributed by atoms with E-state index in [2.05, 4.69) is 19.1 Å². The highest BCUT2D eigenvalue weighted by atomic mass is 16.3. The van der Waals surface area contributed by atoms with Gasteiger partial charge in [-0.05, 0) is 38.0 Å². The second-order valence-corrected chi connectivity index (χ2v) is 4.50. The number of aliphatic hydroxyl groups excluding tert-OH is 1. The molecule has 0 amide bonds. The van der Waals surface area contributed by atoms with E-state index < -0.39 is 0 Å². The minimum Gasteiger partial charge on any atom is -0.393 e. The van der Waals surface area contributed by atoms with Gasteiger partial charge in [0.2, 0.25) is 0 Å². The fourth-order valence-corrected chi connectivity index (χ4v) is 2.14. The fraction of sp³-hybridized carbons (Fsp3) is 0.846. The summed E-state index contributed by atoms with van der Waals surface area (Å²) < 4.78 is 0. The Labute approximate surface area is 88.2 Å². The summed E-state index contributed by atoms with van der Waals surface area (Å²) in [6.07, 6.45) is 14.4. The number of aliphatic hydroxyl groups is 1. The fourth-order valence-electron chi connectivity index (χ4n) is 2.14. The summed E-state index contributed by atoms with van der Waals surface area (Å²) in [6.45, 7) is 2.25. The van der Waals surface area contributed by atoms with Crippen molar-refractivity contribution in [1.82, 2.24) is 0 Å². The van der Waals surface area contributed by atoms with Gasteiger partial charge in [-0.25, -0.2) is 0 Å². The number of hydrogen-bond acceptors (Lipinski definition) is 1. The van der Waals surface area contributed by atoms with Crippen molar-refractivity contribution in [3.05, 3.63) is 12.2 Å². The molecule has 2 unspecified atom stereocenters. The van der Waals surface area contributed by atoms with Crippen molar-refractivity contribution in [2.45, 2.75) is 64.4 Å². The first-order valence-electron chi connectivity index (χ1n) is 6.17. The standard InChI is InChI=1S/C13H24O/c1-2-3-4-5-6-7-8-12-9-10-13(14)11-12/h7-8,12-14H,2-6,9-11H2,1H3/b8-7+. The second kappa shape index (κ2) is 7.05. The van der Waals surface area contributed by atoms with E-state index in [1.54, 1.807) is 0 Å². The zero-order valence-electron chi connectivity index (χ0n) is 9.41. The van der Waals surface area contributed by atoms with Crippen molar-refractivity contribution >= 4 is 0 Å². The van der Waals surface area contributed by atoms with Gasteiger partial charge in [0.1, 0.15) is 0 Å². The molecule has 1 rings (SSSR count). The molecule has 1 heteroatoms. The summed E-state index contributed by atoms with van der Waals surface area (Å²) in [6, 6.07) is 0. The smallest absolute Gasteiger partial charge is 0.0546 e. The molecule has 0 aromatic heterocycles. The number of unbranched alkanes of at least 4 members (excludes halogenated alkanes) is 4. The third kappa shape index (κ3) is 4.80. The van der Waals surface area contributed by atoms with E-state index in [9.17, 15) is 5.11 Å². The number of allylic oxidation sites excluding steroid dienone is 2. The summed E-state index contributed by atoms with van der Waals surface area (Å²) in [5.41, 5.74) is 0. The Balaban J connectivity index is 1.97. The van der Waals surface area contributed by atoms with Gasteiger partial charge < -0.3 is 5.11 Å². The molecule has 1 fully saturated rings. The van der Waals surface area contributed by atoms with Crippen LogP contribution in [0.5, 0.6) is 0 Å². The molecule has 0 spiro atoms. The molecular formula is C13H24O. The molecule has 1 aliphatic rings. The lowest BCUT2D eigenvalue weighted by molar-refractivity contribution is 0.180. The topological polar surface area (TPSA) is 20.2 Å². The molecule has 0 heterocycles. The molecule has 14 heavy (non-hydrogen) atoms. The lowest BCUT2D eigenvalue weighted by atomic mass is 10.1. The van der Waals surface area contributed by atoms with Gasteiger partial charge in [-0.15, -0.1) is 0 Å². The maximum absolute atomic E-state index is 9.34. The highest BCUT2D eigenvalue weighted by molar-refractivity contribution is 4.92. The molecule has 0 aliphatic heterocycles. The van der Waals surface area contributed by atoms with E-state index in [0.29, 0.717) is 5.92 Å². The SMILES string of the molecule is CCCCCC/C=C/C1CCC(O)C1. The molecule has 0 bridgehead atoms. The Hall–Kier alpha value is -0.300. The van der Waals surface area contributed by atoms with Crippen LogP contribution in [0.1, 0.15) is 58.3 Å². The quantitative estimate of drug-likeness (QED) is 0.507. The van der Waals surface area contributed by atoms with Gasteiger partial charge in [0.25, 0.3) is 0 Å². The maximum Gasteiger partial charge on any atom is 0.0546 e. The molecule has 2 atom stereocenters. The summed E-state index contributed by atoms with van der Waals surface area (Å²) in [7, 11) is 0. The Bertz CT molecular complexity index is 163. The molecule has 1 saturated carbocycles.